The van der Waals surface area contributed by atoms with Gasteiger partial charge in [-0.1, -0.05) is 32.9 Å². The zero-order valence-corrected chi connectivity index (χ0v) is 13.9. The largest absolute Gasteiger partial charge is 0.410 e. The first-order valence-electron chi connectivity index (χ1n) is 7.19. The van der Waals surface area contributed by atoms with Crippen molar-refractivity contribution in [2.75, 3.05) is 0 Å². The molecule has 2 rings (SSSR count). The standard InChI is InChI=1S/C16H26O2Si/c1-11-7-12-9-13(17)10-14(12)15(8-11)18-19(5,6)16(2,3)4/h10,12,15H,1,7-9H2,2-6H3. The van der Waals surface area contributed by atoms with E-state index in [1.807, 2.05) is 6.08 Å². The predicted molar refractivity (Wildman–Crippen MR) is 81.6 cm³/mol. The van der Waals surface area contributed by atoms with E-state index in [0.717, 1.165) is 12.8 Å². The Bertz CT molecular complexity index is 440. The maximum Gasteiger partial charge on any atom is 0.192 e. The van der Waals surface area contributed by atoms with Crippen LogP contribution in [-0.4, -0.2) is 20.2 Å². The quantitative estimate of drug-likeness (QED) is 0.558. The summed E-state index contributed by atoms with van der Waals surface area (Å²) < 4.78 is 6.53. The fourth-order valence-electron chi connectivity index (χ4n) is 2.72. The molecule has 0 radical (unpaired) electrons. The Hall–Kier alpha value is -0.673. The Labute approximate surface area is 118 Å². The summed E-state index contributed by atoms with van der Waals surface area (Å²) in [5.41, 5.74) is 2.47. The summed E-state index contributed by atoms with van der Waals surface area (Å²) >= 11 is 0. The third-order valence-electron chi connectivity index (χ3n) is 4.87. The highest BCUT2D eigenvalue weighted by Crippen LogP contribution is 2.44. The molecule has 2 aliphatic rings. The molecule has 0 bridgehead atoms. The molecule has 19 heavy (non-hydrogen) atoms. The van der Waals surface area contributed by atoms with Crippen molar-refractivity contribution < 1.29 is 9.22 Å². The normalized spacial score (nSPS) is 28.4. The first-order valence-corrected chi connectivity index (χ1v) is 10.1. The molecular formula is C16H26O2Si. The second kappa shape index (κ2) is 4.71. The van der Waals surface area contributed by atoms with E-state index in [-0.39, 0.29) is 16.9 Å². The molecule has 0 spiro atoms. The van der Waals surface area contributed by atoms with Crippen LogP contribution in [0.15, 0.2) is 23.8 Å². The Balaban J connectivity index is 2.21. The van der Waals surface area contributed by atoms with E-state index in [2.05, 4.69) is 40.4 Å². The van der Waals surface area contributed by atoms with Gasteiger partial charge in [-0.25, -0.2) is 0 Å². The van der Waals surface area contributed by atoms with Crippen LogP contribution in [0.1, 0.15) is 40.0 Å². The van der Waals surface area contributed by atoms with Gasteiger partial charge in [0.05, 0.1) is 6.10 Å². The molecule has 0 aromatic heterocycles. The topological polar surface area (TPSA) is 26.3 Å². The van der Waals surface area contributed by atoms with Crippen LogP contribution >= 0.6 is 0 Å². The van der Waals surface area contributed by atoms with Crippen molar-refractivity contribution >= 4 is 14.1 Å². The highest BCUT2D eigenvalue weighted by Gasteiger charge is 2.43. The second-order valence-electron chi connectivity index (χ2n) is 7.54. The van der Waals surface area contributed by atoms with Crippen LogP contribution in [0.5, 0.6) is 0 Å². The van der Waals surface area contributed by atoms with Crippen LogP contribution < -0.4 is 0 Å². The summed E-state index contributed by atoms with van der Waals surface area (Å²) in [7, 11) is -1.80. The van der Waals surface area contributed by atoms with Gasteiger partial charge >= 0.3 is 0 Å². The van der Waals surface area contributed by atoms with Crippen LogP contribution in [0.2, 0.25) is 18.1 Å². The Morgan fingerprint density at radius 1 is 1.26 bits per heavy atom. The lowest BCUT2D eigenvalue weighted by atomic mass is 9.81. The molecule has 0 aromatic rings. The molecule has 3 heteroatoms. The van der Waals surface area contributed by atoms with Crippen molar-refractivity contribution in [2.45, 2.75) is 64.3 Å². The molecule has 0 heterocycles. The van der Waals surface area contributed by atoms with E-state index in [1.54, 1.807) is 0 Å². The zero-order valence-electron chi connectivity index (χ0n) is 12.9. The molecule has 0 aliphatic heterocycles. The van der Waals surface area contributed by atoms with Gasteiger partial charge in [0.25, 0.3) is 0 Å². The summed E-state index contributed by atoms with van der Waals surface area (Å²) in [5.74, 6) is 0.627. The molecule has 106 valence electrons. The molecule has 1 fully saturated rings. The van der Waals surface area contributed by atoms with E-state index in [1.165, 1.54) is 11.1 Å². The Morgan fingerprint density at radius 3 is 2.47 bits per heavy atom. The van der Waals surface area contributed by atoms with E-state index < -0.39 is 8.32 Å². The lowest BCUT2D eigenvalue weighted by molar-refractivity contribution is -0.114. The molecule has 2 nitrogen and oxygen atoms in total. The van der Waals surface area contributed by atoms with Gasteiger partial charge in [0.1, 0.15) is 0 Å². The number of ketones is 1. The molecule has 0 aromatic carbocycles. The van der Waals surface area contributed by atoms with Gasteiger partial charge in [0.15, 0.2) is 14.1 Å². The lowest BCUT2D eigenvalue weighted by Gasteiger charge is -2.42. The van der Waals surface area contributed by atoms with Gasteiger partial charge in [-0.2, -0.15) is 0 Å². The van der Waals surface area contributed by atoms with Crippen molar-refractivity contribution in [2.24, 2.45) is 5.92 Å². The average Bonchev–Trinajstić information content (AvgIpc) is 2.56. The molecular weight excluding hydrogens is 252 g/mol. The number of carbonyl (C=O) groups excluding carboxylic acids is 1. The van der Waals surface area contributed by atoms with E-state index in [0.29, 0.717) is 12.3 Å². The molecule has 0 amide bonds. The van der Waals surface area contributed by atoms with Crippen LogP contribution in [0.4, 0.5) is 0 Å². The summed E-state index contributed by atoms with van der Waals surface area (Å²) in [6.45, 7) is 15.4. The van der Waals surface area contributed by atoms with Crippen LogP contribution in [0.25, 0.3) is 0 Å². The van der Waals surface area contributed by atoms with E-state index in [4.69, 9.17) is 4.43 Å². The van der Waals surface area contributed by atoms with Gasteiger partial charge in [-0.15, -0.1) is 0 Å². The van der Waals surface area contributed by atoms with Crippen molar-refractivity contribution in [1.29, 1.82) is 0 Å². The van der Waals surface area contributed by atoms with Gasteiger partial charge in [0, 0.05) is 6.42 Å². The number of hydrogen-bond acceptors (Lipinski definition) is 2. The Kier molecular flexibility index (Phi) is 3.65. The molecule has 2 unspecified atom stereocenters. The second-order valence-corrected chi connectivity index (χ2v) is 12.3. The SMILES string of the molecule is C=C1CC2CC(=O)C=C2C(O[Si](C)(C)C(C)(C)C)C1. The molecule has 0 saturated heterocycles. The van der Waals surface area contributed by atoms with E-state index in [9.17, 15) is 4.79 Å². The summed E-state index contributed by atoms with van der Waals surface area (Å²) in [6, 6.07) is 0. The fraction of sp³-hybridized carbons (Fsp3) is 0.688. The van der Waals surface area contributed by atoms with Crippen molar-refractivity contribution in [3.05, 3.63) is 23.8 Å². The number of hydrogen-bond donors (Lipinski definition) is 0. The molecule has 2 aliphatic carbocycles. The van der Waals surface area contributed by atoms with Gasteiger partial charge in [-0.3, -0.25) is 4.79 Å². The highest BCUT2D eigenvalue weighted by molar-refractivity contribution is 6.74. The van der Waals surface area contributed by atoms with Crippen molar-refractivity contribution in [1.82, 2.24) is 0 Å². The number of fused-ring (bicyclic) bond motifs is 1. The van der Waals surface area contributed by atoms with Gasteiger partial charge in [-0.05, 0) is 48.5 Å². The first kappa shape index (κ1) is 14.7. The molecule has 0 N–H and O–H groups in total. The lowest BCUT2D eigenvalue weighted by Crippen LogP contribution is -2.45. The van der Waals surface area contributed by atoms with Crippen LogP contribution in [0.3, 0.4) is 0 Å². The summed E-state index contributed by atoms with van der Waals surface area (Å²) in [4.78, 5) is 11.7. The van der Waals surface area contributed by atoms with Gasteiger partial charge < -0.3 is 4.43 Å². The summed E-state index contributed by atoms with van der Waals surface area (Å²) in [5, 5.41) is 0.199. The first-order chi connectivity index (χ1) is 8.60. The summed E-state index contributed by atoms with van der Waals surface area (Å²) in [6.07, 6.45) is 4.45. The van der Waals surface area contributed by atoms with Crippen LogP contribution in [-0.2, 0) is 9.22 Å². The van der Waals surface area contributed by atoms with E-state index >= 15 is 0 Å². The smallest absolute Gasteiger partial charge is 0.192 e. The molecule has 1 saturated carbocycles. The third-order valence-corrected chi connectivity index (χ3v) is 9.36. The van der Waals surface area contributed by atoms with Gasteiger partial charge in [0.2, 0.25) is 0 Å². The minimum Gasteiger partial charge on any atom is -0.410 e. The van der Waals surface area contributed by atoms with Crippen molar-refractivity contribution in [3.8, 4) is 0 Å². The maximum atomic E-state index is 11.7. The fourth-order valence-corrected chi connectivity index (χ4v) is 4.01. The zero-order chi connectivity index (χ0) is 14.4. The Morgan fingerprint density at radius 2 is 1.89 bits per heavy atom. The predicted octanol–water partition coefficient (Wildman–Crippen LogP) is 4.24. The molecule has 2 atom stereocenters. The number of rotatable bonds is 2. The van der Waals surface area contributed by atoms with Crippen LogP contribution in [0, 0.1) is 5.92 Å². The average molecular weight is 278 g/mol. The minimum absolute atomic E-state index is 0.0959. The minimum atomic E-state index is -1.80. The monoisotopic (exact) mass is 278 g/mol. The maximum absolute atomic E-state index is 11.7. The third kappa shape index (κ3) is 2.92. The highest BCUT2D eigenvalue weighted by atomic mass is 28.4. The number of allylic oxidation sites excluding steroid dienone is 1. The van der Waals surface area contributed by atoms with Crippen molar-refractivity contribution in [3.63, 3.8) is 0 Å². The number of carbonyl (C=O) groups is 1.